The molecule has 0 radical (unpaired) electrons. The lowest BCUT2D eigenvalue weighted by Crippen LogP contribution is -2.22. The van der Waals surface area contributed by atoms with Gasteiger partial charge in [0.25, 0.3) is 0 Å². The summed E-state index contributed by atoms with van der Waals surface area (Å²) < 4.78 is 19.2. The molecule has 1 aliphatic heterocycles. The summed E-state index contributed by atoms with van der Waals surface area (Å²) in [6.45, 7) is -0.617. The van der Waals surface area contributed by atoms with Crippen LogP contribution in [0.4, 0.5) is 21.6 Å². The van der Waals surface area contributed by atoms with E-state index in [9.17, 15) is 14.3 Å². The van der Waals surface area contributed by atoms with Crippen LogP contribution in [-0.2, 0) is 4.79 Å². The Balaban J connectivity index is 1.61. The predicted molar refractivity (Wildman–Crippen MR) is 139 cm³/mol. The standard InChI is InChI=1S/C23H24ClFN4O4S2/c24-17-7-13(1-3-18(17)25)28-23-16-8-20(29-22(32)4-2-15-5-6-34-35-15)21(33-11-14(31)10-30)9-19(16)26-12-27-23/h1,3,7-9,12,14-15,30-31H,2,4-6,10-11H2,(H,29,32)(H,26,27,28). The minimum atomic E-state index is -1.07. The highest BCUT2D eigenvalue weighted by molar-refractivity contribution is 8.77. The molecule has 1 aromatic heterocycles. The molecule has 1 amide bonds. The SMILES string of the molecule is O=C(CCC1CCSS1)Nc1cc2c(Nc3ccc(F)c(Cl)c3)ncnc2cc1OCC(O)CO. The number of carbonyl (C=O) groups excluding carboxylic acids is 1. The summed E-state index contributed by atoms with van der Waals surface area (Å²) in [5.74, 6) is 1.14. The highest BCUT2D eigenvalue weighted by Gasteiger charge is 2.19. The molecule has 0 spiro atoms. The quantitative estimate of drug-likeness (QED) is 0.271. The van der Waals surface area contributed by atoms with E-state index >= 15 is 0 Å². The number of ether oxygens (including phenoxy) is 1. The van der Waals surface area contributed by atoms with Crippen molar-refractivity contribution in [1.29, 1.82) is 0 Å². The molecule has 2 unspecified atom stereocenters. The van der Waals surface area contributed by atoms with Gasteiger partial charge in [-0.25, -0.2) is 14.4 Å². The van der Waals surface area contributed by atoms with E-state index < -0.39 is 18.5 Å². The van der Waals surface area contributed by atoms with E-state index in [-0.39, 0.29) is 17.5 Å². The zero-order chi connectivity index (χ0) is 24.8. The molecule has 2 aromatic carbocycles. The number of fused-ring (bicyclic) bond motifs is 1. The second-order valence-electron chi connectivity index (χ2n) is 7.90. The highest BCUT2D eigenvalue weighted by Crippen LogP contribution is 2.40. The van der Waals surface area contributed by atoms with Crippen LogP contribution in [0.15, 0.2) is 36.7 Å². The van der Waals surface area contributed by atoms with Gasteiger partial charge in [-0.05, 0) is 37.1 Å². The Labute approximate surface area is 214 Å². The van der Waals surface area contributed by atoms with E-state index in [1.54, 1.807) is 12.1 Å². The topological polar surface area (TPSA) is 117 Å². The van der Waals surface area contributed by atoms with Crippen molar-refractivity contribution < 1.29 is 24.1 Å². The molecule has 1 saturated heterocycles. The van der Waals surface area contributed by atoms with Gasteiger partial charge in [-0.1, -0.05) is 33.2 Å². The van der Waals surface area contributed by atoms with Gasteiger partial charge in [0.15, 0.2) is 0 Å². The van der Waals surface area contributed by atoms with E-state index in [0.717, 1.165) is 18.6 Å². The maximum atomic E-state index is 13.6. The maximum absolute atomic E-state index is 13.6. The summed E-state index contributed by atoms with van der Waals surface area (Å²) in [5.41, 5.74) is 1.43. The largest absolute Gasteiger partial charge is 0.489 e. The first-order valence-electron chi connectivity index (χ1n) is 10.9. The van der Waals surface area contributed by atoms with Crippen molar-refractivity contribution in [3.63, 3.8) is 0 Å². The molecule has 12 heteroatoms. The normalized spacial score (nSPS) is 16.3. The lowest BCUT2D eigenvalue weighted by Gasteiger charge is -2.17. The third-order valence-electron chi connectivity index (χ3n) is 5.26. The summed E-state index contributed by atoms with van der Waals surface area (Å²) in [4.78, 5) is 21.3. The Morgan fingerprint density at radius 2 is 2.17 bits per heavy atom. The van der Waals surface area contributed by atoms with E-state index in [2.05, 4.69) is 20.6 Å². The number of benzene rings is 2. The maximum Gasteiger partial charge on any atom is 0.224 e. The van der Waals surface area contributed by atoms with Crippen LogP contribution in [0, 0.1) is 5.82 Å². The minimum Gasteiger partial charge on any atom is -0.489 e. The number of nitrogens with zero attached hydrogens (tertiary/aromatic N) is 2. The average Bonchev–Trinajstić information content (AvgIpc) is 3.37. The fraction of sp³-hybridized carbons (Fsp3) is 0.348. The number of aliphatic hydroxyl groups is 2. The molecule has 3 aromatic rings. The fourth-order valence-corrected chi connectivity index (χ4v) is 6.58. The Hall–Kier alpha value is -2.31. The number of halogens is 2. The first kappa shape index (κ1) is 25.8. The lowest BCUT2D eigenvalue weighted by molar-refractivity contribution is -0.116. The predicted octanol–water partition coefficient (Wildman–Crippen LogP) is 4.77. The number of anilines is 3. The van der Waals surface area contributed by atoms with Crippen LogP contribution in [0.25, 0.3) is 10.9 Å². The molecule has 4 rings (SSSR count). The number of carbonyl (C=O) groups is 1. The Morgan fingerprint density at radius 3 is 2.91 bits per heavy atom. The summed E-state index contributed by atoms with van der Waals surface area (Å²) >= 11 is 5.90. The van der Waals surface area contributed by atoms with E-state index in [4.69, 9.17) is 21.4 Å². The van der Waals surface area contributed by atoms with Crippen molar-refractivity contribution in [2.45, 2.75) is 30.6 Å². The summed E-state index contributed by atoms with van der Waals surface area (Å²) in [7, 11) is 3.64. The second kappa shape index (κ2) is 12.1. The van der Waals surface area contributed by atoms with Crippen molar-refractivity contribution in [1.82, 2.24) is 9.97 Å². The molecule has 1 fully saturated rings. The third-order valence-corrected chi connectivity index (χ3v) is 8.55. The molecule has 2 atom stereocenters. The fourth-order valence-electron chi connectivity index (χ4n) is 3.42. The number of aromatic nitrogens is 2. The summed E-state index contributed by atoms with van der Waals surface area (Å²) in [5, 5.41) is 25.9. The number of aliphatic hydroxyl groups excluding tert-OH is 2. The number of hydrogen-bond donors (Lipinski definition) is 4. The highest BCUT2D eigenvalue weighted by atomic mass is 35.5. The molecule has 0 saturated carbocycles. The molecule has 4 N–H and O–H groups in total. The Morgan fingerprint density at radius 1 is 1.31 bits per heavy atom. The van der Waals surface area contributed by atoms with Gasteiger partial charge in [0.2, 0.25) is 5.91 Å². The third kappa shape index (κ3) is 6.89. The van der Waals surface area contributed by atoms with Crippen LogP contribution in [0.5, 0.6) is 5.75 Å². The summed E-state index contributed by atoms with van der Waals surface area (Å²) in [6.07, 6.45) is 2.51. The molecular weight excluding hydrogens is 515 g/mol. The first-order valence-corrected chi connectivity index (χ1v) is 13.7. The number of rotatable bonds is 10. The van der Waals surface area contributed by atoms with Gasteiger partial charge in [0, 0.05) is 34.6 Å². The molecule has 186 valence electrons. The van der Waals surface area contributed by atoms with Gasteiger partial charge in [0.05, 0.1) is 22.8 Å². The molecule has 0 bridgehead atoms. The van der Waals surface area contributed by atoms with Crippen LogP contribution in [0.3, 0.4) is 0 Å². The van der Waals surface area contributed by atoms with Gasteiger partial charge < -0.3 is 25.6 Å². The van der Waals surface area contributed by atoms with Gasteiger partial charge in [0.1, 0.15) is 36.4 Å². The molecule has 1 aliphatic rings. The van der Waals surface area contributed by atoms with E-state index in [0.29, 0.717) is 45.5 Å². The Kier molecular flexibility index (Phi) is 8.90. The van der Waals surface area contributed by atoms with Crippen LogP contribution in [0.2, 0.25) is 5.02 Å². The van der Waals surface area contributed by atoms with Crippen LogP contribution < -0.4 is 15.4 Å². The molecular formula is C23H24ClFN4O4S2. The van der Waals surface area contributed by atoms with Crippen LogP contribution in [0.1, 0.15) is 19.3 Å². The molecule has 0 aliphatic carbocycles. The number of amides is 1. The number of nitrogens with one attached hydrogen (secondary N) is 2. The monoisotopic (exact) mass is 538 g/mol. The molecule has 35 heavy (non-hydrogen) atoms. The molecule has 2 heterocycles. The van der Waals surface area contributed by atoms with Crippen molar-refractivity contribution in [3.8, 4) is 5.75 Å². The van der Waals surface area contributed by atoms with Crippen molar-refractivity contribution in [3.05, 3.63) is 47.5 Å². The smallest absolute Gasteiger partial charge is 0.224 e. The van der Waals surface area contributed by atoms with Crippen molar-refractivity contribution >= 4 is 67.2 Å². The Bertz CT molecular complexity index is 1200. The minimum absolute atomic E-state index is 0.0294. The second-order valence-corrected chi connectivity index (χ2v) is 11.1. The van der Waals surface area contributed by atoms with E-state index in [1.807, 2.05) is 21.6 Å². The summed E-state index contributed by atoms with van der Waals surface area (Å²) in [6, 6.07) is 7.54. The zero-order valence-corrected chi connectivity index (χ0v) is 20.9. The van der Waals surface area contributed by atoms with E-state index in [1.165, 1.54) is 24.5 Å². The number of hydrogen-bond acceptors (Lipinski definition) is 9. The van der Waals surface area contributed by atoms with Gasteiger partial charge in [-0.2, -0.15) is 0 Å². The van der Waals surface area contributed by atoms with Gasteiger partial charge in [-0.15, -0.1) is 0 Å². The first-order chi connectivity index (χ1) is 16.9. The average molecular weight is 539 g/mol. The van der Waals surface area contributed by atoms with Gasteiger partial charge in [-0.3, -0.25) is 4.79 Å². The van der Waals surface area contributed by atoms with Crippen LogP contribution in [-0.4, -0.2) is 56.4 Å². The van der Waals surface area contributed by atoms with Crippen molar-refractivity contribution in [2.75, 3.05) is 29.6 Å². The van der Waals surface area contributed by atoms with Gasteiger partial charge >= 0.3 is 0 Å². The van der Waals surface area contributed by atoms with Crippen molar-refractivity contribution in [2.24, 2.45) is 0 Å². The zero-order valence-electron chi connectivity index (χ0n) is 18.5. The van der Waals surface area contributed by atoms with Crippen LogP contribution >= 0.6 is 33.2 Å². The lowest BCUT2D eigenvalue weighted by atomic mass is 10.1. The molecule has 8 nitrogen and oxygen atoms in total.